The average Bonchev–Trinajstić information content (AvgIpc) is 3.00. The van der Waals surface area contributed by atoms with Gasteiger partial charge in [-0.3, -0.25) is 13.9 Å². The molecule has 0 bridgehead atoms. The molecule has 0 aliphatic heterocycles. The largest absolute Gasteiger partial charge is 0.348 e. The van der Waals surface area contributed by atoms with E-state index in [1.54, 1.807) is 27.6 Å². The van der Waals surface area contributed by atoms with E-state index in [0.717, 1.165) is 12.8 Å². The highest BCUT2D eigenvalue weighted by atomic mass is 16.2. The minimum atomic E-state index is -0.0833. The molecular weight excluding hydrogens is 230 g/mol. The summed E-state index contributed by atoms with van der Waals surface area (Å²) in [5, 5.41) is 0. The third-order valence-electron chi connectivity index (χ3n) is 3.36. The smallest absolute Gasteiger partial charge is 0.328 e. The molecule has 0 aromatic carbocycles. The molecule has 3 rings (SSSR count). The first-order valence-corrected chi connectivity index (χ1v) is 6.08. The summed E-state index contributed by atoms with van der Waals surface area (Å²) in [6, 6.07) is 3.94. The lowest BCUT2D eigenvalue weighted by atomic mass is 10.3. The highest BCUT2D eigenvalue weighted by Crippen LogP contribution is 2.33. The summed E-state index contributed by atoms with van der Waals surface area (Å²) in [7, 11) is 1.82. The first kappa shape index (κ1) is 11.1. The van der Waals surface area contributed by atoms with Crippen LogP contribution in [0.4, 0.5) is 0 Å². The molecule has 0 atom stereocenters. The van der Waals surface area contributed by atoms with E-state index in [4.69, 9.17) is 0 Å². The highest BCUT2D eigenvalue weighted by Gasteiger charge is 2.25. The van der Waals surface area contributed by atoms with Crippen LogP contribution in [0.25, 0.3) is 0 Å². The quantitative estimate of drug-likeness (QED) is 0.760. The van der Waals surface area contributed by atoms with Crippen LogP contribution in [0.3, 0.4) is 0 Å². The Morgan fingerprint density at radius 1 is 1.33 bits per heavy atom. The number of ketones is 1. The van der Waals surface area contributed by atoms with E-state index in [2.05, 4.69) is 0 Å². The Morgan fingerprint density at radius 3 is 2.72 bits per heavy atom. The lowest BCUT2D eigenvalue weighted by Gasteiger charge is -2.03. The first-order chi connectivity index (χ1) is 8.66. The van der Waals surface area contributed by atoms with Gasteiger partial charge in [0, 0.05) is 31.7 Å². The molecular formula is C13H15N3O2. The molecule has 0 spiro atoms. The third kappa shape index (κ3) is 1.81. The molecule has 5 heteroatoms. The van der Waals surface area contributed by atoms with Crippen molar-refractivity contribution in [1.29, 1.82) is 0 Å². The van der Waals surface area contributed by atoms with Crippen molar-refractivity contribution in [2.24, 2.45) is 7.05 Å². The van der Waals surface area contributed by atoms with Crippen molar-refractivity contribution in [3.8, 4) is 0 Å². The van der Waals surface area contributed by atoms with Crippen LogP contribution in [-0.2, 0) is 13.6 Å². The van der Waals surface area contributed by atoms with Crippen LogP contribution in [0.5, 0.6) is 0 Å². The van der Waals surface area contributed by atoms with E-state index in [-0.39, 0.29) is 18.0 Å². The van der Waals surface area contributed by atoms with Gasteiger partial charge in [-0.2, -0.15) is 0 Å². The fraction of sp³-hybridized carbons (Fsp3) is 0.385. The van der Waals surface area contributed by atoms with Gasteiger partial charge in [0.05, 0.1) is 12.2 Å². The minimum Gasteiger partial charge on any atom is -0.348 e. The van der Waals surface area contributed by atoms with Gasteiger partial charge in [-0.15, -0.1) is 0 Å². The van der Waals surface area contributed by atoms with E-state index in [1.165, 1.54) is 4.57 Å². The van der Waals surface area contributed by atoms with Gasteiger partial charge in [0.25, 0.3) is 0 Å². The van der Waals surface area contributed by atoms with Crippen molar-refractivity contribution in [2.45, 2.75) is 25.4 Å². The van der Waals surface area contributed by atoms with Crippen molar-refractivity contribution in [3.63, 3.8) is 0 Å². The molecule has 0 N–H and O–H groups in total. The Bertz CT molecular complexity index is 643. The van der Waals surface area contributed by atoms with Gasteiger partial charge >= 0.3 is 5.69 Å². The van der Waals surface area contributed by atoms with Gasteiger partial charge < -0.3 is 4.57 Å². The second-order valence-electron chi connectivity index (χ2n) is 4.77. The zero-order valence-electron chi connectivity index (χ0n) is 10.2. The summed E-state index contributed by atoms with van der Waals surface area (Å²) in [4.78, 5) is 24.1. The minimum absolute atomic E-state index is 0.0434. The van der Waals surface area contributed by atoms with Gasteiger partial charge in [-0.25, -0.2) is 4.79 Å². The fourth-order valence-corrected chi connectivity index (χ4v) is 2.17. The molecule has 1 aliphatic rings. The molecule has 5 nitrogen and oxygen atoms in total. The van der Waals surface area contributed by atoms with Crippen molar-refractivity contribution in [1.82, 2.24) is 13.7 Å². The maximum Gasteiger partial charge on any atom is 0.328 e. The van der Waals surface area contributed by atoms with Gasteiger partial charge in [0.1, 0.15) is 0 Å². The Labute approximate surface area is 104 Å². The Balaban J connectivity index is 1.83. The van der Waals surface area contributed by atoms with Crippen LogP contribution in [0.15, 0.2) is 35.5 Å². The summed E-state index contributed by atoms with van der Waals surface area (Å²) in [5.74, 6) is -0.0434. The molecule has 1 saturated carbocycles. The zero-order chi connectivity index (χ0) is 12.7. The Kier molecular flexibility index (Phi) is 2.47. The SMILES string of the molecule is Cn1cccc1C(=O)Cn1ccn(C2CC2)c1=O. The lowest BCUT2D eigenvalue weighted by molar-refractivity contribution is 0.0962. The molecule has 2 aromatic rings. The molecule has 0 unspecified atom stereocenters. The number of Topliss-reactive ketones (excluding diaryl/α,β-unsaturated/α-hetero) is 1. The van der Waals surface area contributed by atoms with E-state index >= 15 is 0 Å². The number of carbonyl (C=O) groups is 1. The molecule has 2 heterocycles. The van der Waals surface area contributed by atoms with E-state index in [0.29, 0.717) is 11.7 Å². The summed E-state index contributed by atoms with van der Waals surface area (Å²) in [5.41, 5.74) is 0.543. The molecule has 18 heavy (non-hydrogen) atoms. The van der Waals surface area contributed by atoms with Crippen LogP contribution in [0, 0.1) is 0 Å². The Morgan fingerprint density at radius 2 is 2.11 bits per heavy atom. The fourth-order valence-electron chi connectivity index (χ4n) is 2.17. The number of aryl methyl sites for hydroxylation is 1. The second-order valence-corrected chi connectivity index (χ2v) is 4.77. The van der Waals surface area contributed by atoms with Gasteiger partial charge in [-0.1, -0.05) is 0 Å². The molecule has 1 fully saturated rings. The van der Waals surface area contributed by atoms with Crippen molar-refractivity contribution < 1.29 is 4.79 Å². The summed E-state index contributed by atoms with van der Waals surface area (Å²) < 4.78 is 4.97. The van der Waals surface area contributed by atoms with Gasteiger partial charge in [0.2, 0.25) is 0 Å². The number of aromatic nitrogens is 3. The van der Waals surface area contributed by atoms with E-state index in [1.807, 2.05) is 19.3 Å². The molecule has 0 amide bonds. The maximum absolute atomic E-state index is 12.1. The van der Waals surface area contributed by atoms with Crippen LogP contribution < -0.4 is 5.69 Å². The number of carbonyl (C=O) groups excluding carboxylic acids is 1. The number of hydrogen-bond donors (Lipinski definition) is 0. The van der Waals surface area contributed by atoms with Crippen LogP contribution in [0.2, 0.25) is 0 Å². The number of hydrogen-bond acceptors (Lipinski definition) is 2. The molecule has 0 radical (unpaired) electrons. The molecule has 94 valence electrons. The highest BCUT2D eigenvalue weighted by molar-refractivity contribution is 5.94. The normalized spacial score (nSPS) is 14.9. The lowest BCUT2D eigenvalue weighted by Crippen LogP contribution is -2.26. The van der Waals surface area contributed by atoms with E-state index < -0.39 is 0 Å². The second kappa shape index (κ2) is 4.01. The van der Waals surface area contributed by atoms with E-state index in [9.17, 15) is 9.59 Å². The molecule has 2 aromatic heterocycles. The van der Waals surface area contributed by atoms with Gasteiger partial charge in [0.15, 0.2) is 5.78 Å². The van der Waals surface area contributed by atoms with Crippen LogP contribution >= 0.6 is 0 Å². The van der Waals surface area contributed by atoms with Gasteiger partial charge in [-0.05, 0) is 25.0 Å². The topological polar surface area (TPSA) is 48.9 Å². The standard InChI is InChI=1S/C13H15N3O2/c1-14-6-2-3-11(14)12(17)9-15-7-8-16(13(15)18)10-4-5-10/h2-3,6-8,10H,4-5,9H2,1H3. The van der Waals surface area contributed by atoms with Crippen molar-refractivity contribution >= 4 is 5.78 Å². The Hall–Kier alpha value is -2.04. The molecule has 1 aliphatic carbocycles. The summed E-state index contributed by atoms with van der Waals surface area (Å²) in [6.45, 7) is 0.108. The monoisotopic (exact) mass is 245 g/mol. The van der Waals surface area contributed by atoms with Crippen molar-refractivity contribution in [2.75, 3.05) is 0 Å². The summed E-state index contributed by atoms with van der Waals surface area (Å²) >= 11 is 0. The predicted molar refractivity (Wildman–Crippen MR) is 66.7 cm³/mol. The number of rotatable bonds is 4. The predicted octanol–water partition coefficient (Wildman–Crippen LogP) is 1.21. The zero-order valence-corrected chi connectivity index (χ0v) is 10.2. The maximum atomic E-state index is 12.1. The average molecular weight is 245 g/mol. The molecule has 0 saturated heterocycles. The van der Waals surface area contributed by atoms with Crippen LogP contribution in [-0.4, -0.2) is 19.5 Å². The summed E-state index contributed by atoms with van der Waals surface area (Å²) in [6.07, 6.45) is 7.43. The first-order valence-electron chi connectivity index (χ1n) is 6.08. The van der Waals surface area contributed by atoms with Crippen LogP contribution in [0.1, 0.15) is 29.4 Å². The third-order valence-corrected chi connectivity index (χ3v) is 3.36. The number of imidazole rings is 1. The number of nitrogens with zero attached hydrogens (tertiary/aromatic N) is 3. The van der Waals surface area contributed by atoms with Crippen molar-refractivity contribution in [3.05, 3.63) is 46.9 Å².